The van der Waals surface area contributed by atoms with E-state index in [1.165, 1.54) is 0 Å². The van der Waals surface area contributed by atoms with E-state index in [-0.39, 0.29) is 17.4 Å². The van der Waals surface area contributed by atoms with Gasteiger partial charge in [-0.05, 0) is 30.5 Å². The zero-order valence-corrected chi connectivity index (χ0v) is 12.8. The van der Waals surface area contributed by atoms with Crippen LogP contribution in [-0.2, 0) is 9.53 Å². The van der Waals surface area contributed by atoms with E-state index < -0.39 is 0 Å². The van der Waals surface area contributed by atoms with Crippen molar-refractivity contribution in [2.75, 3.05) is 26.2 Å². The Balaban J connectivity index is 1.71. The Hall–Kier alpha value is -1.10. The monoisotopic (exact) mass is 308 g/mol. The SMILES string of the molecule is NCC1(C(=O)N2CCOC(c3ccc(Cl)cc3)C2)CCC1. The average molecular weight is 309 g/mol. The molecular weight excluding hydrogens is 288 g/mol. The van der Waals surface area contributed by atoms with Gasteiger partial charge in [0.1, 0.15) is 6.10 Å². The number of halogens is 1. The van der Waals surface area contributed by atoms with Crippen LogP contribution in [0.3, 0.4) is 0 Å². The van der Waals surface area contributed by atoms with Gasteiger partial charge in [-0.2, -0.15) is 0 Å². The summed E-state index contributed by atoms with van der Waals surface area (Å²) in [5.41, 5.74) is 6.60. The first-order valence-electron chi connectivity index (χ1n) is 7.51. The van der Waals surface area contributed by atoms with Gasteiger partial charge < -0.3 is 15.4 Å². The molecule has 0 aromatic heterocycles. The summed E-state index contributed by atoms with van der Waals surface area (Å²) in [7, 11) is 0. The van der Waals surface area contributed by atoms with Crippen molar-refractivity contribution in [3.63, 3.8) is 0 Å². The largest absolute Gasteiger partial charge is 0.370 e. The molecule has 2 fully saturated rings. The first-order valence-corrected chi connectivity index (χ1v) is 7.89. The third-order valence-corrected chi connectivity index (χ3v) is 5.00. The highest BCUT2D eigenvalue weighted by atomic mass is 35.5. The van der Waals surface area contributed by atoms with Crippen molar-refractivity contribution >= 4 is 17.5 Å². The van der Waals surface area contributed by atoms with Crippen molar-refractivity contribution in [2.45, 2.75) is 25.4 Å². The number of amides is 1. The Morgan fingerprint density at radius 2 is 2.10 bits per heavy atom. The van der Waals surface area contributed by atoms with Gasteiger partial charge in [0.25, 0.3) is 0 Å². The quantitative estimate of drug-likeness (QED) is 0.932. The van der Waals surface area contributed by atoms with Crippen molar-refractivity contribution in [2.24, 2.45) is 11.1 Å². The molecule has 1 amide bonds. The molecular formula is C16H21ClN2O2. The van der Waals surface area contributed by atoms with Crippen LogP contribution in [0.15, 0.2) is 24.3 Å². The van der Waals surface area contributed by atoms with Gasteiger partial charge in [0.15, 0.2) is 0 Å². The molecule has 5 heteroatoms. The molecule has 0 bridgehead atoms. The first-order chi connectivity index (χ1) is 10.1. The second kappa shape index (κ2) is 5.95. The Bertz CT molecular complexity index is 508. The van der Waals surface area contributed by atoms with E-state index in [0.717, 1.165) is 24.8 Å². The molecule has 2 N–H and O–H groups in total. The predicted molar refractivity (Wildman–Crippen MR) is 82.1 cm³/mol. The second-order valence-electron chi connectivity index (χ2n) is 6.00. The highest BCUT2D eigenvalue weighted by molar-refractivity contribution is 6.30. The Kier molecular flexibility index (Phi) is 4.20. The lowest BCUT2D eigenvalue weighted by Crippen LogP contribution is -2.54. The maximum absolute atomic E-state index is 12.7. The van der Waals surface area contributed by atoms with E-state index in [4.69, 9.17) is 22.1 Å². The van der Waals surface area contributed by atoms with Crippen LogP contribution < -0.4 is 5.73 Å². The number of hydrogen-bond acceptors (Lipinski definition) is 3. The normalized spacial score (nSPS) is 24.5. The second-order valence-corrected chi connectivity index (χ2v) is 6.44. The van der Waals surface area contributed by atoms with Gasteiger partial charge in [0.05, 0.1) is 18.6 Å². The summed E-state index contributed by atoms with van der Waals surface area (Å²) in [6.07, 6.45) is 2.87. The minimum Gasteiger partial charge on any atom is -0.370 e. The zero-order chi connectivity index (χ0) is 14.9. The molecule has 1 atom stereocenters. The number of carbonyl (C=O) groups excluding carboxylic acids is 1. The highest BCUT2D eigenvalue weighted by Gasteiger charge is 2.45. The summed E-state index contributed by atoms with van der Waals surface area (Å²) < 4.78 is 5.81. The fourth-order valence-electron chi connectivity index (χ4n) is 3.16. The van der Waals surface area contributed by atoms with Crippen LogP contribution in [-0.4, -0.2) is 37.0 Å². The standard InChI is InChI=1S/C16H21ClN2O2/c17-13-4-2-12(3-5-13)14-10-19(8-9-21-14)15(20)16(11-18)6-1-7-16/h2-5,14H,1,6-11,18H2. The van der Waals surface area contributed by atoms with E-state index in [2.05, 4.69) is 0 Å². The van der Waals surface area contributed by atoms with Gasteiger partial charge in [-0.3, -0.25) is 4.79 Å². The van der Waals surface area contributed by atoms with Crippen LogP contribution in [0.1, 0.15) is 30.9 Å². The van der Waals surface area contributed by atoms with Crippen LogP contribution in [0.2, 0.25) is 5.02 Å². The van der Waals surface area contributed by atoms with Crippen LogP contribution >= 0.6 is 11.6 Å². The molecule has 1 aromatic carbocycles. The molecule has 0 spiro atoms. The van der Waals surface area contributed by atoms with Gasteiger partial charge in [-0.15, -0.1) is 0 Å². The van der Waals surface area contributed by atoms with Gasteiger partial charge in [0, 0.05) is 18.1 Å². The maximum Gasteiger partial charge on any atom is 0.230 e. The lowest BCUT2D eigenvalue weighted by Gasteiger charge is -2.44. The van der Waals surface area contributed by atoms with Gasteiger partial charge in [0.2, 0.25) is 5.91 Å². The number of nitrogens with two attached hydrogens (primary N) is 1. The van der Waals surface area contributed by atoms with Gasteiger partial charge in [-0.25, -0.2) is 0 Å². The third-order valence-electron chi connectivity index (χ3n) is 4.75. The van der Waals surface area contributed by atoms with Crippen LogP contribution in [0.25, 0.3) is 0 Å². The topological polar surface area (TPSA) is 55.6 Å². The summed E-state index contributed by atoms with van der Waals surface area (Å²) in [4.78, 5) is 14.7. The molecule has 1 saturated carbocycles. The molecule has 1 aliphatic carbocycles. The van der Waals surface area contributed by atoms with E-state index in [1.807, 2.05) is 29.2 Å². The zero-order valence-electron chi connectivity index (χ0n) is 12.1. The van der Waals surface area contributed by atoms with Crippen molar-refractivity contribution in [3.05, 3.63) is 34.9 Å². The van der Waals surface area contributed by atoms with Crippen molar-refractivity contribution in [3.8, 4) is 0 Å². The summed E-state index contributed by atoms with van der Waals surface area (Å²) in [5, 5.41) is 0.707. The molecule has 1 heterocycles. The molecule has 1 unspecified atom stereocenters. The number of hydrogen-bond donors (Lipinski definition) is 1. The number of carbonyl (C=O) groups is 1. The Morgan fingerprint density at radius 1 is 1.38 bits per heavy atom. The lowest BCUT2D eigenvalue weighted by atomic mass is 9.67. The molecule has 3 rings (SSSR count). The van der Waals surface area contributed by atoms with Crippen molar-refractivity contribution < 1.29 is 9.53 Å². The van der Waals surface area contributed by atoms with Gasteiger partial charge in [-0.1, -0.05) is 30.2 Å². The number of nitrogens with zero attached hydrogens (tertiary/aromatic N) is 1. The van der Waals surface area contributed by atoms with Crippen molar-refractivity contribution in [1.82, 2.24) is 4.90 Å². The summed E-state index contributed by atoms with van der Waals surface area (Å²) in [6, 6.07) is 7.63. The summed E-state index contributed by atoms with van der Waals surface area (Å²) >= 11 is 5.92. The fourth-order valence-corrected chi connectivity index (χ4v) is 3.28. The van der Waals surface area contributed by atoms with Crippen LogP contribution in [0.4, 0.5) is 0 Å². The molecule has 0 radical (unpaired) electrons. The average Bonchev–Trinajstić information content (AvgIpc) is 2.47. The number of benzene rings is 1. The maximum atomic E-state index is 12.7. The molecule has 1 saturated heterocycles. The fraction of sp³-hybridized carbons (Fsp3) is 0.562. The third kappa shape index (κ3) is 2.80. The van der Waals surface area contributed by atoms with Crippen LogP contribution in [0.5, 0.6) is 0 Å². The molecule has 4 nitrogen and oxygen atoms in total. The van der Waals surface area contributed by atoms with E-state index >= 15 is 0 Å². The molecule has 2 aliphatic rings. The van der Waals surface area contributed by atoms with Gasteiger partial charge >= 0.3 is 0 Å². The number of ether oxygens (including phenoxy) is 1. The van der Waals surface area contributed by atoms with E-state index in [1.54, 1.807) is 0 Å². The van der Waals surface area contributed by atoms with E-state index in [9.17, 15) is 4.79 Å². The summed E-state index contributed by atoms with van der Waals surface area (Å²) in [5.74, 6) is 0.207. The number of morpholine rings is 1. The highest BCUT2D eigenvalue weighted by Crippen LogP contribution is 2.42. The lowest BCUT2D eigenvalue weighted by molar-refractivity contribution is -0.154. The smallest absolute Gasteiger partial charge is 0.230 e. The molecule has 1 aromatic rings. The minimum atomic E-state index is -0.304. The Morgan fingerprint density at radius 3 is 2.67 bits per heavy atom. The number of rotatable bonds is 3. The molecule has 21 heavy (non-hydrogen) atoms. The van der Waals surface area contributed by atoms with Crippen molar-refractivity contribution in [1.29, 1.82) is 0 Å². The van der Waals surface area contributed by atoms with E-state index in [0.29, 0.717) is 31.3 Å². The Labute approximate surface area is 130 Å². The molecule has 114 valence electrons. The first kappa shape index (κ1) is 14.8. The minimum absolute atomic E-state index is 0.0742. The van der Waals surface area contributed by atoms with Crippen LogP contribution in [0, 0.1) is 5.41 Å². The predicted octanol–water partition coefficient (Wildman–Crippen LogP) is 2.37. The molecule has 1 aliphatic heterocycles. The summed E-state index contributed by atoms with van der Waals surface area (Å²) in [6.45, 7) is 2.28.